The molecule has 158 valence electrons. The Hall–Kier alpha value is -1.35. The summed E-state index contributed by atoms with van der Waals surface area (Å²) in [5.74, 6) is -0.169. The molecule has 0 unspecified atom stereocenters. The summed E-state index contributed by atoms with van der Waals surface area (Å²) in [7, 11) is 1.54. The Morgan fingerprint density at radius 3 is 2.15 bits per heavy atom. The van der Waals surface area contributed by atoms with Gasteiger partial charge in [0, 0.05) is 39.3 Å². The monoisotopic (exact) mass is 388 g/mol. The van der Waals surface area contributed by atoms with E-state index in [4.69, 9.17) is 19.9 Å². The highest BCUT2D eigenvalue weighted by Crippen LogP contribution is 2.07. The third kappa shape index (κ3) is 16.5. The molecule has 0 aromatic heterocycles. The molecule has 1 atom stereocenters. The number of nitrogens with one attached hydrogen (secondary N) is 1. The van der Waals surface area contributed by atoms with E-state index in [9.17, 15) is 14.4 Å². The van der Waals surface area contributed by atoms with Gasteiger partial charge in [-0.25, -0.2) is 0 Å². The Morgan fingerprint density at radius 2 is 1.56 bits per heavy atom. The highest BCUT2D eigenvalue weighted by Gasteiger charge is 2.17. The molecule has 3 N–H and O–H groups in total. The van der Waals surface area contributed by atoms with Crippen molar-refractivity contribution in [1.29, 1.82) is 0 Å². The van der Waals surface area contributed by atoms with Gasteiger partial charge in [-0.05, 0) is 27.2 Å². The van der Waals surface area contributed by atoms with Crippen molar-refractivity contribution in [2.24, 2.45) is 5.73 Å². The second-order valence-corrected chi connectivity index (χ2v) is 7.29. The zero-order valence-corrected chi connectivity index (χ0v) is 17.2. The molecule has 0 bridgehead atoms. The van der Waals surface area contributed by atoms with Crippen LogP contribution in [0.3, 0.4) is 0 Å². The first-order valence-corrected chi connectivity index (χ1v) is 9.45. The van der Waals surface area contributed by atoms with Crippen LogP contribution < -0.4 is 11.1 Å². The number of hydrogen-bond donors (Lipinski definition) is 2. The normalized spacial score (nSPS) is 12.6. The van der Waals surface area contributed by atoms with Crippen molar-refractivity contribution in [3.05, 3.63) is 0 Å². The second-order valence-electron chi connectivity index (χ2n) is 7.29. The van der Waals surface area contributed by atoms with E-state index >= 15 is 0 Å². The smallest absolute Gasteiger partial charge is 0.220 e. The Bertz CT molecular complexity index is 448. The van der Waals surface area contributed by atoms with Gasteiger partial charge in [0.15, 0.2) is 5.78 Å². The molecule has 0 aromatic carbocycles. The number of ether oxygens (including phenoxy) is 3. The number of rotatable bonds is 16. The highest BCUT2D eigenvalue weighted by atomic mass is 16.5. The summed E-state index contributed by atoms with van der Waals surface area (Å²) in [6.45, 7) is 7.53. The van der Waals surface area contributed by atoms with Crippen LogP contribution in [-0.2, 0) is 28.6 Å². The largest absolute Gasteiger partial charge is 0.379 e. The van der Waals surface area contributed by atoms with Crippen LogP contribution in [-0.4, -0.2) is 69.2 Å². The van der Waals surface area contributed by atoms with Crippen molar-refractivity contribution in [3.8, 4) is 0 Å². The van der Waals surface area contributed by atoms with Crippen molar-refractivity contribution in [2.75, 3.05) is 40.1 Å². The maximum Gasteiger partial charge on any atom is 0.220 e. The Kier molecular flexibility index (Phi) is 13.9. The van der Waals surface area contributed by atoms with Crippen LogP contribution in [0.5, 0.6) is 0 Å². The van der Waals surface area contributed by atoms with Gasteiger partial charge in [0.05, 0.1) is 38.1 Å². The van der Waals surface area contributed by atoms with Crippen molar-refractivity contribution in [3.63, 3.8) is 0 Å². The fourth-order valence-electron chi connectivity index (χ4n) is 1.98. The second kappa shape index (κ2) is 14.7. The SMILES string of the molecule is CNC(=O)CCC(=O)CCOCCOCCCC(=O)[C@@H](N)COC(C)(C)C. The number of Topliss-reactive ketones (excluding diaryl/α,β-unsaturated/α-hetero) is 2. The van der Waals surface area contributed by atoms with Crippen LogP contribution in [0.4, 0.5) is 0 Å². The van der Waals surface area contributed by atoms with Crippen molar-refractivity contribution in [1.82, 2.24) is 5.32 Å². The minimum Gasteiger partial charge on any atom is -0.379 e. The molecule has 27 heavy (non-hydrogen) atoms. The average molecular weight is 389 g/mol. The summed E-state index contributed by atoms with van der Waals surface area (Å²) in [5, 5.41) is 2.47. The van der Waals surface area contributed by atoms with Crippen molar-refractivity contribution in [2.45, 2.75) is 64.5 Å². The lowest BCUT2D eigenvalue weighted by Crippen LogP contribution is -2.38. The van der Waals surface area contributed by atoms with Crippen LogP contribution in [0.15, 0.2) is 0 Å². The Balaban J connectivity index is 3.50. The van der Waals surface area contributed by atoms with E-state index in [1.807, 2.05) is 20.8 Å². The van der Waals surface area contributed by atoms with Crippen LogP contribution in [0.1, 0.15) is 52.9 Å². The highest BCUT2D eigenvalue weighted by molar-refractivity contribution is 5.85. The van der Waals surface area contributed by atoms with Gasteiger partial charge in [0.2, 0.25) is 5.91 Å². The molecule has 0 aliphatic rings. The third-order valence-corrected chi connectivity index (χ3v) is 3.63. The summed E-state index contributed by atoms with van der Waals surface area (Å²) in [4.78, 5) is 34.4. The van der Waals surface area contributed by atoms with Crippen LogP contribution in [0.2, 0.25) is 0 Å². The van der Waals surface area contributed by atoms with Gasteiger partial charge in [-0.3, -0.25) is 14.4 Å². The Labute approximate surface area is 162 Å². The number of hydrogen-bond acceptors (Lipinski definition) is 7. The first-order valence-electron chi connectivity index (χ1n) is 9.45. The first kappa shape index (κ1) is 25.6. The van der Waals surface area contributed by atoms with Gasteiger partial charge in [-0.15, -0.1) is 0 Å². The van der Waals surface area contributed by atoms with Crippen molar-refractivity contribution >= 4 is 17.5 Å². The van der Waals surface area contributed by atoms with E-state index in [-0.39, 0.29) is 42.5 Å². The summed E-state index contributed by atoms with van der Waals surface area (Å²) in [6.07, 6.45) is 1.69. The molecule has 0 radical (unpaired) electrons. The van der Waals surface area contributed by atoms with Gasteiger partial charge >= 0.3 is 0 Å². The number of carbonyl (C=O) groups is 3. The van der Waals surface area contributed by atoms with Gasteiger partial charge in [-0.2, -0.15) is 0 Å². The van der Waals surface area contributed by atoms with Crippen LogP contribution in [0, 0.1) is 0 Å². The molecule has 8 heteroatoms. The lowest BCUT2D eigenvalue weighted by molar-refractivity contribution is -0.125. The third-order valence-electron chi connectivity index (χ3n) is 3.63. The standard InChI is InChI=1S/C19H36N2O6/c1-19(2,3)27-14-16(20)17(23)6-5-10-25-12-13-26-11-9-15(22)7-8-18(24)21-4/h16H,5-14,20H2,1-4H3,(H,21,24)/t16-/m0/s1. The van der Waals surface area contributed by atoms with Gasteiger partial charge < -0.3 is 25.3 Å². The van der Waals surface area contributed by atoms with Crippen LogP contribution in [0.25, 0.3) is 0 Å². The summed E-state index contributed by atoms with van der Waals surface area (Å²) < 4.78 is 16.2. The molecular formula is C19H36N2O6. The minimum atomic E-state index is -0.603. The molecule has 8 nitrogen and oxygen atoms in total. The lowest BCUT2D eigenvalue weighted by Gasteiger charge is -2.21. The first-order chi connectivity index (χ1) is 12.7. The van der Waals surface area contributed by atoms with E-state index in [2.05, 4.69) is 5.32 Å². The molecule has 0 saturated carbocycles. The molecule has 0 fully saturated rings. The quantitative estimate of drug-likeness (QED) is 0.379. The molecule has 0 spiro atoms. The lowest BCUT2D eigenvalue weighted by atomic mass is 10.1. The molecule has 0 saturated heterocycles. The molecule has 0 aromatic rings. The van der Waals surface area contributed by atoms with E-state index in [1.165, 1.54) is 0 Å². The maximum absolute atomic E-state index is 11.9. The van der Waals surface area contributed by atoms with Gasteiger partial charge in [-0.1, -0.05) is 0 Å². The van der Waals surface area contributed by atoms with E-state index in [1.54, 1.807) is 7.05 Å². The predicted molar refractivity (Wildman–Crippen MR) is 102 cm³/mol. The predicted octanol–water partition coefficient (Wildman–Crippen LogP) is 0.997. The molecule has 1 amide bonds. The van der Waals surface area contributed by atoms with E-state index < -0.39 is 6.04 Å². The van der Waals surface area contributed by atoms with E-state index in [0.29, 0.717) is 45.7 Å². The number of nitrogens with two attached hydrogens (primary N) is 1. The van der Waals surface area contributed by atoms with Gasteiger partial charge in [0.25, 0.3) is 0 Å². The Morgan fingerprint density at radius 1 is 0.926 bits per heavy atom. The summed E-state index contributed by atoms with van der Waals surface area (Å²) >= 11 is 0. The number of amides is 1. The fourth-order valence-corrected chi connectivity index (χ4v) is 1.98. The summed E-state index contributed by atoms with van der Waals surface area (Å²) in [5.41, 5.74) is 5.50. The van der Waals surface area contributed by atoms with Crippen LogP contribution >= 0.6 is 0 Å². The maximum atomic E-state index is 11.9. The minimum absolute atomic E-state index is 0.00445. The molecule has 0 rings (SSSR count). The van der Waals surface area contributed by atoms with E-state index in [0.717, 1.165) is 0 Å². The van der Waals surface area contributed by atoms with Crippen molar-refractivity contribution < 1.29 is 28.6 Å². The zero-order valence-electron chi connectivity index (χ0n) is 17.2. The number of carbonyl (C=O) groups excluding carboxylic acids is 3. The average Bonchev–Trinajstić information content (AvgIpc) is 2.61. The fraction of sp³-hybridized carbons (Fsp3) is 0.842. The molecule has 0 aliphatic heterocycles. The molecule has 0 aliphatic carbocycles. The number of ketones is 2. The zero-order chi connectivity index (χ0) is 20.7. The molecule has 0 heterocycles. The van der Waals surface area contributed by atoms with Gasteiger partial charge in [0.1, 0.15) is 5.78 Å². The summed E-state index contributed by atoms with van der Waals surface area (Å²) in [6, 6.07) is -0.603. The topological polar surface area (TPSA) is 117 Å². The molecular weight excluding hydrogens is 352 g/mol.